The summed E-state index contributed by atoms with van der Waals surface area (Å²) in [6.07, 6.45) is 0.909. The number of carbonyl (C=O) groups excluding carboxylic acids is 1. The fourth-order valence-corrected chi connectivity index (χ4v) is 4.28. The van der Waals surface area contributed by atoms with E-state index in [0.717, 1.165) is 5.56 Å². The van der Waals surface area contributed by atoms with Crippen LogP contribution in [0.1, 0.15) is 31.4 Å². The van der Waals surface area contributed by atoms with E-state index in [1.807, 2.05) is 37.3 Å². The topological polar surface area (TPSA) is 63.2 Å². The molecule has 1 aliphatic rings. The maximum Gasteiger partial charge on any atom is 0.220 e. The summed E-state index contributed by atoms with van der Waals surface area (Å²) >= 11 is 0. The number of hydrogen-bond donors (Lipinski definition) is 1. The van der Waals surface area contributed by atoms with Crippen molar-refractivity contribution in [3.63, 3.8) is 0 Å². The maximum atomic E-state index is 11.9. The molecule has 0 bridgehead atoms. The van der Waals surface area contributed by atoms with Gasteiger partial charge in [-0.2, -0.15) is 0 Å². The highest BCUT2D eigenvalue weighted by Gasteiger charge is 2.29. The van der Waals surface area contributed by atoms with E-state index in [2.05, 4.69) is 5.32 Å². The van der Waals surface area contributed by atoms with Crippen LogP contribution in [0.3, 0.4) is 0 Å². The molecular weight excluding hydrogens is 262 g/mol. The minimum Gasteiger partial charge on any atom is -0.350 e. The molecule has 5 heteroatoms. The van der Waals surface area contributed by atoms with Crippen LogP contribution < -0.4 is 5.32 Å². The second-order valence-corrected chi connectivity index (χ2v) is 7.40. The second kappa shape index (κ2) is 5.74. The third-order valence-electron chi connectivity index (χ3n) is 3.48. The van der Waals surface area contributed by atoms with Gasteiger partial charge in [0.1, 0.15) is 0 Å². The van der Waals surface area contributed by atoms with E-state index in [4.69, 9.17) is 0 Å². The van der Waals surface area contributed by atoms with Crippen molar-refractivity contribution in [1.29, 1.82) is 0 Å². The van der Waals surface area contributed by atoms with Crippen molar-refractivity contribution in [2.75, 3.05) is 11.5 Å². The highest BCUT2D eigenvalue weighted by molar-refractivity contribution is 7.91. The Labute approximate surface area is 114 Å². The molecule has 0 aliphatic carbocycles. The fourth-order valence-electron chi connectivity index (χ4n) is 2.42. The van der Waals surface area contributed by atoms with Gasteiger partial charge in [-0.05, 0) is 24.8 Å². The van der Waals surface area contributed by atoms with Crippen LogP contribution in [0.5, 0.6) is 0 Å². The molecule has 1 amide bonds. The lowest BCUT2D eigenvalue weighted by Crippen LogP contribution is -2.28. The summed E-state index contributed by atoms with van der Waals surface area (Å²) in [6, 6.07) is 9.67. The first-order valence-electron chi connectivity index (χ1n) is 6.51. The van der Waals surface area contributed by atoms with E-state index < -0.39 is 9.84 Å². The van der Waals surface area contributed by atoms with Crippen LogP contribution in [0.2, 0.25) is 0 Å². The van der Waals surface area contributed by atoms with Gasteiger partial charge in [0.2, 0.25) is 5.91 Å². The molecule has 2 atom stereocenters. The van der Waals surface area contributed by atoms with Gasteiger partial charge in [0, 0.05) is 6.42 Å². The summed E-state index contributed by atoms with van der Waals surface area (Å²) in [5.41, 5.74) is 1.05. The van der Waals surface area contributed by atoms with E-state index in [1.54, 1.807) is 0 Å². The Morgan fingerprint density at radius 1 is 1.37 bits per heavy atom. The van der Waals surface area contributed by atoms with Gasteiger partial charge < -0.3 is 5.32 Å². The molecule has 19 heavy (non-hydrogen) atoms. The summed E-state index contributed by atoms with van der Waals surface area (Å²) in [5, 5.41) is 2.92. The highest BCUT2D eigenvalue weighted by atomic mass is 32.2. The summed E-state index contributed by atoms with van der Waals surface area (Å²) in [4.78, 5) is 11.9. The number of rotatable bonds is 4. The molecule has 1 aromatic rings. The molecule has 1 aliphatic heterocycles. The molecule has 1 aromatic carbocycles. The van der Waals surface area contributed by atoms with E-state index in [9.17, 15) is 13.2 Å². The molecule has 4 nitrogen and oxygen atoms in total. The van der Waals surface area contributed by atoms with E-state index in [-0.39, 0.29) is 29.4 Å². The third-order valence-corrected chi connectivity index (χ3v) is 5.31. The Bertz CT molecular complexity index is 539. The van der Waals surface area contributed by atoms with Crippen molar-refractivity contribution in [3.8, 4) is 0 Å². The average Bonchev–Trinajstić information content (AvgIpc) is 2.69. The summed E-state index contributed by atoms with van der Waals surface area (Å²) < 4.78 is 22.7. The first kappa shape index (κ1) is 14.1. The van der Waals surface area contributed by atoms with Gasteiger partial charge in [0.05, 0.1) is 17.5 Å². The van der Waals surface area contributed by atoms with Crippen molar-refractivity contribution in [1.82, 2.24) is 5.32 Å². The molecule has 0 spiro atoms. The molecule has 104 valence electrons. The summed E-state index contributed by atoms with van der Waals surface area (Å²) in [6.45, 7) is 1.93. The van der Waals surface area contributed by atoms with Crippen LogP contribution in [-0.4, -0.2) is 25.8 Å². The van der Waals surface area contributed by atoms with Gasteiger partial charge in [-0.1, -0.05) is 30.3 Å². The SMILES string of the molecule is C[C@H](NC(=O)C[C@@H]1CCS(=O)(=O)C1)c1ccccc1. The number of amides is 1. The zero-order valence-electron chi connectivity index (χ0n) is 11.0. The zero-order valence-corrected chi connectivity index (χ0v) is 11.8. The van der Waals surface area contributed by atoms with Crippen LogP contribution >= 0.6 is 0 Å². The van der Waals surface area contributed by atoms with Crippen molar-refractivity contribution in [2.45, 2.75) is 25.8 Å². The number of carbonyl (C=O) groups is 1. The highest BCUT2D eigenvalue weighted by Crippen LogP contribution is 2.22. The molecular formula is C14H19NO3S. The van der Waals surface area contributed by atoms with Crippen molar-refractivity contribution in [2.24, 2.45) is 5.92 Å². The van der Waals surface area contributed by atoms with Gasteiger partial charge in [-0.15, -0.1) is 0 Å². The number of nitrogens with one attached hydrogen (secondary N) is 1. The second-order valence-electron chi connectivity index (χ2n) is 5.17. The minimum atomic E-state index is -2.90. The lowest BCUT2D eigenvalue weighted by atomic mass is 10.0. The Balaban J connectivity index is 1.85. The molecule has 1 N–H and O–H groups in total. The van der Waals surface area contributed by atoms with Crippen LogP contribution in [0.4, 0.5) is 0 Å². The maximum absolute atomic E-state index is 11.9. The largest absolute Gasteiger partial charge is 0.350 e. The Morgan fingerprint density at radius 3 is 2.63 bits per heavy atom. The standard InChI is InChI=1S/C14H19NO3S/c1-11(13-5-3-2-4-6-13)15-14(16)9-12-7-8-19(17,18)10-12/h2-6,11-12H,7-10H2,1H3,(H,15,16)/t11-,12-/m0/s1. The Hall–Kier alpha value is -1.36. The quantitative estimate of drug-likeness (QED) is 0.913. The third kappa shape index (κ3) is 4.06. The van der Waals surface area contributed by atoms with E-state index in [0.29, 0.717) is 12.8 Å². The number of hydrogen-bond acceptors (Lipinski definition) is 3. The Kier molecular flexibility index (Phi) is 4.24. The van der Waals surface area contributed by atoms with Gasteiger partial charge in [-0.25, -0.2) is 8.42 Å². The Morgan fingerprint density at radius 2 is 2.05 bits per heavy atom. The van der Waals surface area contributed by atoms with Crippen LogP contribution in [0.25, 0.3) is 0 Å². The summed E-state index contributed by atoms with van der Waals surface area (Å²) in [7, 11) is -2.90. The molecule has 1 fully saturated rings. The molecule has 0 aromatic heterocycles. The fraction of sp³-hybridized carbons (Fsp3) is 0.500. The van der Waals surface area contributed by atoms with Gasteiger partial charge in [0.15, 0.2) is 9.84 Å². The minimum absolute atomic E-state index is 0.0204. The van der Waals surface area contributed by atoms with Crippen molar-refractivity contribution in [3.05, 3.63) is 35.9 Å². The molecule has 1 saturated heterocycles. The molecule has 2 rings (SSSR count). The molecule has 0 radical (unpaired) electrons. The monoisotopic (exact) mass is 281 g/mol. The normalized spacial score (nSPS) is 22.9. The molecule has 0 saturated carbocycles. The predicted octanol–water partition coefficient (Wildman–Crippen LogP) is 1.69. The molecule has 1 heterocycles. The van der Waals surface area contributed by atoms with Gasteiger partial charge in [0.25, 0.3) is 0 Å². The van der Waals surface area contributed by atoms with Gasteiger partial charge >= 0.3 is 0 Å². The lowest BCUT2D eigenvalue weighted by molar-refractivity contribution is -0.122. The van der Waals surface area contributed by atoms with Crippen molar-refractivity contribution < 1.29 is 13.2 Å². The van der Waals surface area contributed by atoms with Crippen LogP contribution in [0.15, 0.2) is 30.3 Å². The number of benzene rings is 1. The first-order chi connectivity index (χ1) is 8.96. The summed E-state index contributed by atoms with van der Waals surface area (Å²) in [5.74, 6) is 0.283. The molecule has 0 unspecified atom stereocenters. The predicted molar refractivity (Wildman–Crippen MR) is 74.4 cm³/mol. The first-order valence-corrected chi connectivity index (χ1v) is 8.33. The number of sulfone groups is 1. The van der Waals surface area contributed by atoms with E-state index in [1.165, 1.54) is 0 Å². The smallest absolute Gasteiger partial charge is 0.220 e. The van der Waals surface area contributed by atoms with E-state index >= 15 is 0 Å². The van der Waals surface area contributed by atoms with Gasteiger partial charge in [-0.3, -0.25) is 4.79 Å². The van der Waals surface area contributed by atoms with Crippen LogP contribution in [-0.2, 0) is 14.6 Å². The average molecular weight is 281 g/mol. The zero-order chi connectivity index (χ0) is 13.9. The van der Waals surface area contributed by atoms with Crippen LogP contribution in [0, 0.1) is 5.92 Å². The lowest BCUT2D eigenvalue weighted by Gasteiger charge is -2.15. The van der Waals surface area contributed by atoms with Crippen molar-refractivity contribution >= 4 is 15.7 Å².